The average Bonchev–Trinajstić information content (AvgIpc) is 2.76. The van der Waals surface area contributed by atoms with Crippen molar-refractivity contribution in [1.29, 1.82) is 0 Å². The van der Waals surface area contributed by atoms with E-state index in [2.05, 4.69) is 10.3 Å². The van der Waals surface area contributed by atoms with E-state index in [1.807, 2.05) is 0 Å². The number of hydrogen-bond donors (Lipinski definition) is 2. The predicted octanol–water partition coefficient (Wildman–Crippen LogP) is 2.47. The molecule has 0 unspecified atom stereocenters. The van der Waals surface area contributed by atoms with Crippen LogP contribution in [0.1, 0.15) is 47.8 Å². The topological polar surface area (TPSA) is 96.4 Å². The number of piperidine rings is 1. The second-order valence-corrected chi connectivity index (χ2v) is 8.51. The van der Waals surface area contributed by atoms with Gasteiger partial charge in [0, 0.05) is 31.8 Å². The lowest BCUT2D eigenvalue weighted by Crippen LogP contribution is -2.51. The van der Waals surface area contributed by atoms with Crippen LogP contribution in [0, 0.1) is 0 Å². The summed E-state index contributed by atoms with van der Waals surface area (Å²) >= 11 is 0. The molecule has 0 aliphatic carbocycles. The summed E-state index contributed by atoms with van der Waals surface area (Å²) < 4.78 is 49.0. The first-order chi connectivity index (χ1) is 14.7. The zero-order valence-electron chi connectivity index (χ0n) is 16.9. The quantitative estimate of drug-likeness (QED) is 0.658. The van der Waals surface area contributed by atoms with Crippen LogP contribution < -0.4 is 5.32 Å². The fraction of sp³-hybridized carbons (Fsp3) is 0.381. The first kappa shape index (κ1) is 22.8. The van der Waals surface area contributed by atoms with Crippen LogP contribution in [0.15, 0.2) is 47.5 Å². The minimum atomic E-state index is -3.04. The maximum absolute atomic E-state index is 13.3. The van der Waals surface area contributed by atoms with Crippen molar-refractivity contribution in [2.45, 2.75) is 49.6 Å². The Kier molecular flexibility index (Phi) is 6.99. The number of nitrogens with zero attached hydrogens (tertiary/aromatic N) is 2. The van der Waals surface area contributed by atoms with E-state index in [9.17, 15) is 26.8 Å². The van der Waals surface area contributed by atoms with Gasteiger partial charge in [-0.05, 0) is 49.1 Å². The standard InChI is InChI=1S/C21H23F2N3O4S/c1-21(22,23)18-9-8-14(12-24-18)13-25-19(27)17-7-2-3-10-26(17)20(28)15-5-4-6-16(11-15)31(29)30/h4-6,8-9,11-12,17,31H,2-3,7,10,13H2,1H3,(H,25,27)/t17-/m1/s1. The summed E-state index contributed by atoms with van der Waals surface area (Å²) in [6.45, 7) is 1.23. The van der Waals surface area contributed by atoms with Gasteiger partial charge in [-0.3, -0.25) is 14.6 Å². The summed E-state index contributed by atoms with van der Waals surface area (Å²) in [4.78, 5) is 31.0. The van der Waals surface area contributed by atoms with Crippen molar-refractivity contribution >= 4 is 22.5 Å². The van der Waals surface area contributed by atoms with Crippen molar-refractivity contribution in [1.82, 2.24) is 15.2 Å². The van der Waals surface area contributed by atoms with E-state index >= 15 is 0 Å². The van der Waals surface area contributed by atoms with Gasteiger partial charge >= 0.3 is 0 Å². The number of thiol groups is 1. The van der Waals surface area contributed by atoms with Crippen LogP contribution >= 0.6 is 0 Å². The van der Waals surface area contributed by atoms with Crippen LogP contribution in [0.2, 0.25) is 0 Å². The van der Waals surface area contributed by atoms with Gasteiger partial charge < -0.3 is 10.2 Å². The lowest BCUT2D eigenvalue weighted by atomic mass is 10.00. The maximum atomic E-state index is 13.3. The summed E-state index contributed by atoms with van der Waals surface area (Å²) in [7, 11) is -2.82. The van der Waals surface area contributed by atoms with Gasteiger partial charge in [-0.1, -0.05) is 12.1 Å². The maximum Gasteiger partial charge on any atom is 0.286 e. The molecule has 2 heterocycles. The molecule has 1 fully saturated rings. The minimum Gasteiger partial charge on any atom is -0.350 e. The molecular formula is C21H23F2N3O4S. The number of hydrogen-bond acceptors (Lipinski definition) is 5. The molecule has 1 saturated heterocycles. The lowest BCUT2D eigenvalue weighted by Gasteiger charge is -2.34. The Morgan fingerprint density at radius 3 is 2.65 bits per heavy atom. The molecule has 1 aliphatic heterocycles. The Morgan fingerprint density at radius 2 is 2.00 bits per heavy atom. The molecule has 1 atom stereocenters. The van der Waals surface area contributed by atoms with Crippen LogP contribution in [0.25, 0.3) is 0 Å². The number of pyridine rings is 1. The van der Waals surface area contributed by atoms with Gasteiger partial charge in [-0.2, -0.15) is 8.78 Å². The number of rotatable bonds is 6. The number of nitrogens with one attached hydrogen (secondary N) is 1. The molecule has 0 bridgehead atoms. The molecule has 166 valence electrons. The monoisotopic (exact) mass is 451 g/mol. The van der Waals surface area contributed by atoms with E-state index < -0.39 is 28.6 Å². The highest BCUT2D eigenvalue weighted by atomic mass is 32.2. The number of aromatic nitrogens is 1. The smallest absolute Gasteiger partial charge is 0.286 e. The van der Waals surface area contributed by atoms with Crippen LogP contribution in [-0.4, -0.2) is 42.7 Å². The molecule has 2 aromatic rings. The number of alkyl halides is 2. The fourth-order valence-corrected chi connectivity index (χ4v) is 3.91. The minimum absolute atomic E-state index is 0.0347. The van der Waals surface area contributed by atoms with E-state index in [1.165, 1.54) is 47.5 Å². The van der Waals surface area contributed by atoms with E-state index in [-0.39, 0.29) is 28.6 Å². The molecule has 2 amide bonds. The van der Waals surface area contributed by atoms with Gasteiger partial charge in [-0.15, -0.1) is 0 Å². The third kappa shape index (κ3) is 5.63. The zero-order chi connectivity index (χ0) is 22.6. The average molecular weight is 451 g/mol. The lowest BCUT2D eigenvalue weighted by molar-refractivity contribution is -0.126. The SMILES string of the molecule is CC(F)(F)c1ccc(CNC(=O)[C@H]2CCCCN2C(=O)c2cccc([SH](=O)=O)c2)cn1. The van der Waals surface area contributed by atoms with Gasteiger partial charge in [0.2, 0.25) is 5.91 Å². The second kappa shape index (κ2) is 9.51. The summed E-state index contributed by atoms with van der Waals surface area (Å²) in [6.07, 6.45) is 3.27. The Bertz CT molecular complexity index is 1030. The van der Waals surface area contributed by atoms with E-state index in [0.29, 0.717) is 18.5 Å². The highest BCUT2D eigenvalue weighted by molar-refractivity contribution is 7.72. The van der Waals surface area contributed by atoms with Gasteiger partial charge in [-0.25, -0.2) is 8.42 Å². The van der Waals surface area contributed by atoms with E-state index in [1.54, 1.807) is 0 Å². The highest BCUT2D eigenvalue weighted by Gasteiger charge is 2.32. The summed E-state index contributed by atoms with van der Waals surface area (Å²) in [5.74, 6) is -3.81. The fourth-order valence-electron chi connectivity index (χ4n) is 3.46. The summed E-state index contributed by atoms with van der Waals surface area (Å²) in [5, 5.41) is 2.74. The molecular weight excluding hydrogens is 428 g/mol. The Morgan fingerprint density at radius 1 is 1.23 bits per heavy atom. The third-order valence-electron chi connectivity index (χ3n) is 5.11. The first-order valence-corrected chi connectivity index (χ1v) is 11.0. The molecule has 1 aromatic heterocycles. The molecule has 31 heavy (non-hydrogen) atoms. The Hall–Kier alpha value is -2.88. The van der Waals surface area contributed by atoms with Crippen LogP contribution in [0.4, 0.5) is 8.78 Å². The van der Waals surface area contributed by atoms with Crippen LogP contribution in [-0.2, 0) is 28.0 Å². The predicted molar refractivity (Wildman–Crippen MR) is 109 cm³/mol. The molecule has 1 aliphatic rings. The van der Waals surface area contributed by atoms with Gasteiger partial charge in [0.05, 0.1) is 4.90 Å². The van der Waals surface area contributed by atoms with E-state index in [0.717, 1.165) is 19.8 Å². The van der Waals surface area contributed by atoms with Gasteiger partial charge in [0.1, 0.15) is 11.7 Å². The molecule has 0 radical (unpaired) electrons. The molecule has 10 heteroatoms. The number of amides is 2. The Labute approximate surface area is 180 Å². The second-order valence-electron chi connectivity index (χ2n) is 7.48. The van der Waals surface area contributed by atoms with Crippen molar-refractivity contribution in [2.24, 2.45) is 0 Å². The molecule has 0 spiro atoms. The molecule has 1 N–H and O–H groups in total. The van der Waals surface area contributed by atoms with Crippen LogP contribution in [0.3, 0.4) is 0 Å². The molecule has 1 aromatic carbocycles. The number of benzene rings is 1. The molecule has 0 saturated carbocycles. The normalized spacial score (nSPS) is 16.9. The summed E-state index contributed by atoms with van der Waals surface area (Å²) in [5.41, 5.74) is 0.410. The largest absolute Gasteiger partial charge is 0.350 e. The summed E-state index contributed by atoms with van der Waals surface area (Å²) in [6, 6.07) is 7.70. The zero-order valence-corrected chi connectivity index (χ0v) is 17.8. The number of carbonyl (C=O) groups excluding carboxylic acids is 2. The van der Waals surface area contributed by atoms with Gasteiger partial charge in [0.15, 0.2) is 10.7 Å². The third-order valence-corrected chi connectivity index (χ3v) is 5.81. The van der Waals surface area contributed by atoms with Crippen molar-refractivity contribution < 1.29 is 26.8 Å². The number of carbonyl (C=O) groups is 2. The van der Waals surface area contributed by atoms with E-state index in [4.69, 9.17) is 0 Å². The van der Waals surface area contributed by atoms with Crippen molar-refractivity contribution in [3.05, 3.63) is 59.4 Å². The molecule has 7 nitrogen and oxygen atoms in total. The molecule has 3 rings (SSSR count). The Balaban J connectivity index is 1.69. The van der Waals surface area contributed by atoms with Crippen molar-refractivity contribution in [2.75, 3.05) is 6.54 Å². The first-order valence-electron chi connectivity index (χ1n) is 9.83. The van der Waals surface area contributed by atoms with Crippen molar-refractivity contribution in [3.8, 4) is 0 Å². The highest BCUT2D eigenvalue weighted by Crippen LogP contribution is 2.25. The van der Waals surface area contributed by atoms with Crippen LogP contribution in [0.5, 0.6) is 0 Å². The van der Waals surface area contributed by atoms with Crippen molar-refractivity contribution in [3.63, 3.8) is 0 Å². The number of likely N-dealkylation sites (tertiary alicyclic amines) is 1. The van der Waals surface area contributed by atoms with Gasteiger partial charge in [0.25, 0.3) is 11.8 Å². The number of halogens is 2.